The molecule has 1 aliphatic rings. The Balaban J connectivity index is 2.49. The number of hydrogen-bond donors (Lipinski definition) is 1. The molecule has 6 heteroatoms. The molecule has 0 bridgehead atoms. The van der Waals surface area contributed by atoms with Crippen molar-refractivity contribution in [1.82, 2.24) is 9.55 Å². The first-order valence-electron chi connectivity index (χ1n) is 5.29. The number of esters is 1. The van der Waals surface area contributed by atoms with Gasteiger partial charge in [0.25, 0.3) is 5.56 Å². The number of aromatic nitrogens is 2. The second kappa shape index (κ2) is 4.40. The van der Waals surface area contributed by atoms with E-state index < -0.39 is 11.5 Å². The van der Waals surface area contributed by atoms with E-state index in [1.165, 1.54) is 10.8 Å². The molecule has 0 atom stereocenters. The Morgan fingerprint density at radius 3 is 3.12 bits per heavy atom. The third-order valence-electron chi connectivity index (χ3n) is 2.59. The first-order valence-corrected chi connectivity index (χ1v) is 5.29. The van der Waals surface area contributed by atoms with Crippen molar-refractivity contribution in [2.75, 3.05) is 6.61 Å². The summed E-state index contributed by atoms with van der Waals surface area (Å²) in [7, 11) is 0. The van der Waals surface area contributed by atoms with Gasteiger partial charge in [-0.1, -0.05) is 0 Å². The molecule has 6 nitrogen and oxygen atoms in total. The predicted octanol–water partition coefficient (Wildman–Crippen LogP) is 0.723. The lowest BCUT2D eigenvalue weighted by Crippen LogP contribution is -2.27. The third kappa shape index (κ3) is 1.82. The summed E-state index contributed by atoms with van der Waals surface area (Å²) < 4.78 is 6.13. The minimum atomic E-state index is -0.665. The minimum absolute atomic E-state index is 0.0743. The van der Waals surface area contributed by atoms with Crippen molar-refractivity contribution in [3.63, 3.8) is 0 Å². The molecule has 0 fully saturated rings. The SMILES string of the molecule is CCOC(=O)c1cnc2n(c1=O)CC/C2=C\O. The Labute approximate surface area is 97.2 Å². The molecule has 0 saturated carbocycles. The fourth-order valence-corrected chi connectivity index (χ4v) is 1.77. The van der Waals surface area contributed by atoms with Gasteiger partial charge < -0.3 is 9.84 Å². The molecule has 0 saturated heterocycles. The van der Waals surface area contributed by atoms with E-state index in [1.54, 1.807) is 6.92 Å². The van der Waals surface area contributed by atoms with Gasteiger partial charge in [0.2, 0.25) is 0 Å². The topological polar surface area (TPSA) is 81.4 Å². The number of aliphatic hydroxyl groups excluding tert-OH is 1. The number of ether oxygens (including phenoxy) is 1. The Bertz CT molecular complexity index is 545. The summed E-state index contributed by atoms with van der Waals surface area (Å²) in [4.78, 5) is 27.4. The zero-order chi connectivity index (χ0) is 12.4. The summed E-state index contributed by atoms with van der Waals surface area (Å²) >= 11 is 0. The number of rotatable bonds is 2. The van der Waals surface area contributed by atoms with Gasteiger partial charge in [-0.3, -0.25) is 9.36 Å². The number of nitrogens with zero attached hydrogens (tertiary/aromatic N) is 2. The Morgan fingerprint density at radius 1 is 1.71 bits per heavy atom. The maximum absolute atomic E-state index is 12.0. The summed E-state index contributed by atoms with van der Waals surface area (Å²) in [6.07, 6.45) is 2.67. The number of aliphatic hydroxyl groups is 1. The summed E-state index contributed by atoms with van der Waals surface area (Å²) in [6, 6.07) is 0. The van der Waals surface area contributed by atoms with Crippen molar-refractivity contribution in [3.8, 4) is 0 Å². The highest BCUT2D eigenvalue weighted by atomic mass is 16.5. The van der Waals surface area contributed by atoms with Crippen LogP contribution in [0.3, 0.4) is 0 Å². The van der Waals surface area contributed by atoms with Gasteiger partial charge in [-0.25, -0.2) is 9.78 Å². The molecule has 1 aromatic heterocycles. The molecule has 0 spiro atoms. The highest BCUT2D eigenvalue weighted by molar-refractivity contribution is 5.88. The zero-order valence-electron chi connectivity index (χ0n) is 9.34. The average molecular weight is 236 g/mol. The van der Waals surface area contributed by atoms with E-state index in [1.807, 2.05) is 0 Å². The number of carbonyl (C=O) groups excluding carboxylic acids is 1. The second-order valence-electron chi connectivity index (χ2n) is 3.58. The van der Waals surface area contributed by atoms with Gasteiger partial charge in [0.05, 0.1) is 12.9 Å². The molecule has 0 aromatic carbocycles. The van der Waals surface area contributed by atoms with Crippen LogP contribution in [-0.4, -0.2) is 27.2 Å². The van der Waals surface area contributed by atoms with Crippen LogP contribution >= 0.6 is 0 Å². The van der Waals surface area contributed by atoms with Crippen LogP contribution < -0.4 is 5.56 Å². The first kappa shape index (κ1) is 11.4. The fraction of sp³-hybridized carbons (Fsp3) is 0.364. The predicted molar refractivity (Wildman–Crippen MR) is 59.7 cm³/mol. The maximum atomic E-state index is 12.0. The van der Waals surface area contributed by atoms with Crippen LogP contribution in [0.25, 0.3) is 5.57 Å². The van der Waals surface area contributed by atoms with Gasteiger partial charge in [0.1, 0.15) is 11.4 Å². The van der Waals surface area contributed by atoms with Crippen LogP contribution in [-0.2, 0) is 11.3 Å². The summed E-state index contributed by atoms with van der Waals surface area (Å²) in [5.41, 5.74) is 0.0950. The smallest absolute Gasteiger partial charge is 0.345 e. The quantitative estimate of drug-likeness (QED) is 0.604. The number of carbonyl (C=O) groups is 1. The molecule has 1 aromatic rings. The summed E-state index contributed by atoms with van der Waals surface area (Å²) in [6.45, 7) is 2.30. The van der Waals surface area contributed by atoms with E-state index in [2.05, 4.69) is 4.98 Å². The van der Waals surface area contributed by atoms with E-state index in [9.17, 15) is 9.59 Å². The fourth-order valence-electron chi connectivity index (χ4n) is 1.77. The van der Waals surface area contributed by atoms with Crippen molar-refractivity contribution in [2.45, 2.75) is 19.9 Å². The molecule has 1 aliphatic heterocycles. The van der Waals surface area contributed by atoms with Gasteiger partial charge >= 0.3 is 5.97 Å². The molecule has 17 heavy (non-hydrogen) atoms. The molecule has 0 unspecified atom stereocenters. The molecule has 1 N–H and O–H groups in total. The molecular formula is C11H12N2O4. The highest BCUT2D eigenvalue weighted by Crippen LogP contribution is 2.22. The van der Waals surface area contributed by atoms with Crippen molar-refractivity contribution < 1.29 is 14.6 Å². The van der Waals surface area contributed by atoms with E-state index in [0.29, 0.717) is 24.4 Å². The Hall–Kier alpha value is -2.11. The van der Waals surface area contributed by atoms with E-state index in [4.69, 9.17) is 9.84 Å². The van der Waals surface area contributed by atoms with Crippen molar-refractivity contribution in [1.29, 1.82) is 0 Å². The van der Waals surface area contributed by atoms with E-state index in [-0.39, 0.29) is 12.2 Å². The van der Waals surface area contributed by atoms with Gasteiger partial charge in [-0.05, 0) is 13.3 Å². The Kier molecular flexibility index (Phi) is 2.95. The highest BCUT2D eigenvalue weighted by Gasteiger charge is 2.23. The molecule has 0 aliphatic carbocycles. The van der Waals surface area contributed by atoms with Gasteiger partial charge in [-0.2, -0.15) is 0 Å². The molecule has 2 rings (SSSR count). The van der Waals surface area contributed by atoms with Crippen molar-refractivity contribution in [2.24, 2.45) is 0 Å². The van der Waals surface area contributed by atoms with Crippen LogP contribution in [0.2, 0.25) is 0 Å². The maximum Gasteiger partial charge on any atom is 0.345 e. The molecular weight excluding hydrogens is 224 g/mol. The van der Waals surface area contributed by atoms with Crippen LogP contribution in [0.1, 0.15) is 29.5 Å². The largest absolute Gasteiger partial charge is 0.515 e. The van der Waals surface area contributed by atoms with Gasteiger partial charge in [-0.15, -0.1) is 0 Å². The lowest BCUT2D eigenvalue weighted by Gasteiger charge is -2.05. The van der Waals surface area contributed by atoms with Crippen LogP contribution in [0, 0.1) is 0 Å². The second-order valence-corrected chi connectivity index (χ2v) is 3.58. The number of hydrogen-bond acceptors (Lipinski definition) is 5. The number of fused-ring (bicyclic) bond motifs is 1. The molecule has 2 heterocycles. The lowest BCUT2D eigenvalue weighted by atomic mass is 10.2. The van der Waals surface area contributed by atoms with Crippen molar-refractivity contribution >= 4 is 11.5 Å². The third-order valence-corrected chi connectivity index (χ3v) is 2.59. The molecule has 90 valence electrons. The molecule has 0 amide bonds. The summed E-state index contributed by atoms with van der Waals surface area (Å²) in [5, 5.41) is 8.96. The van der Waals surface area contributed by atoms with Crippen LogP contribution in [0.15, 0.2) is 17.3 Å². The minimum Gasteiger partial charge on any atom is -0.515 e. The first-order chi connectivity index (χ1) is 8.19. The Morgan fingerprint density at radius 2 is 2.47 bits per heavy atom. The van der Waals surface area contributed by atoms with E-state index >= 15 is 0 Å². The van der Waals surface area contributed by atoms with Gasteiger partial charge in [0.15, 0.2) is 0 Å². The average Bonchev–Trinajstić information content (AvgIpc) is 2.73. The lowest BCUT2D eigenvalue weighted by molar-refractivity contribution is 0.0523. The van der Waals surface area contributed by atoms with Crippen molar-refractivity contribution in [3.05, 3.63) is 34.2 Å². The van der Waals surface area contributed by atoms with Gasteiger partial charge in [0, 0.05) is 18.3 Å². The van der Waals surface area contributed by atoms with Crippen LogP contribution in [0.5, 0.6) is 0 Å². The van der Waals surface area contributed by atoms with E-state index in [0.717, 1.165) is 6.26 Å². The molecule has 0 radical (unpaired) electrons. The zero-order valence-corrected chi connectivity index (χ0v) is 9.34. The number of allylic oxidation sites excluding steroid dienone is 1. The summed E-state index contributed by atoms with van der Waals surface area (Å²) in [5.74, 6) is -0.257. The standard InChI is InChI=1S/C11H12N2O4/c1-2-17-11(16)8-5-12-9-7(6-14)3-4-13(9)10(8)15/h5-6,14H,2-4H2,1H3/b7-6+. The normalized spacial score (nSPS) is 15.9. The monoisotopic (exact) mass is 236 g/mol. The van der Waals surface area contributed by atoms with Crippen LogP contribution in [0.4, 0.5) is 0 Å².